The monoisotopic (exact) mass is 249 g/mol. The Bertz CT molecular complexity index is 650. The van der Waals surface area contributed by atoms with Crippen LogP contribution in [0.2, 0.25) is 0 Å². The number of rotatable bonds is 2. The van der Waals surface area contributed by atoms with E-state index in [1.165, 1.54) is 17.6 Å². The lowest BCUT2D eigenvalue weighted by Gasteiger charge is -2.02. The molecule has 2 N–H and O–H groups in total. The Kier molecular flexibility index (Phi) is 2.38. The standard InChI is InChI=1S/C11H8FN3OS/c12-7-3-1-2-6-4-9(16-11(6)7)10(13)8-5-17-15-14-8/h1-5,10H,13H2. The summed E-state index contributed by atoms with van der Waals surface area (Å²) in [6.07, 6.45) is 0. The van der Waals surface area contributed by atoms with Crippen molar-refractivity contribution in [3.8, 4) is 0 Å². The van der Waals surface area contributed by atoms with Gasteiger partial charge in [-0.2, -0.15) is 0 Å². The zero-order valence-corrected chi connectivity index (χ0v) is 9.45. The number of hydrogen-bond acceptors (Lipinski definition) is 5. The summed E-state index contributed by atoms with van der Waals surface area (Å²) in [5.41, 5.74) is 6.81. The number of para-hydroxylation sites is 1. The van der Waals surface area contributed by atoms with Gasteiger partial charge in [-0.3, -0.25) is 0 Å². The van der Waals surface area contributed by atoms with Crippen molar-refractivity contribution in [2.45, 2.75) is 6.04 Å². The normalized spacial score (nSPS) is 13.1. The zero-order valence-electron chi connectivity index (χ0n) is 8.63. The predicted molar refractivity (Wildman–Crippen MR) is 62.1 cm³/mol. The number of halogens is 1. The van der Waals surface area contributed by atoms with E-state index in [0.717, 1.165) is 0 Å². The summed E-state index contributed by atoms with van der Waals surface area (Å²) in [6.45, 7) is 0. The molecule has 1 unspecified atom stereocenters. The van der Waals surface area contributed by atoms with Gasteiger partial charge in [0.05, 0.1) is 5.69 Å². The highest BCUT2D eigenvalue weighted by atomic mass is 32.1. The fourth-order valence-corrected chi connectivity index (χ4v) is 2.14. The van der Waals surface area contributed by atoms with Gasteiger partial charge in [-0.1, -0.05) is 16.6 Å². The van der Waals surface area contributed by atoms with Crippen LogP contribution < -0.4 is 5.73 Å². The Morgan fingerprint density at radius 1 is 1.41 bits per heavy atom. The number of fused-ring (bicyclic) bond motifs is 1. The Hall–Kier alpha value is -1.79. The van der Waals surface area contributed by atoms with Gasteiger partial charge in [-0.25, -0.2) is 4.39 Å². The highest BCUT2D eigenvalue weighted by Gasteiger charge is 2.17. The number of hydrogen-bond donors (Lipinski definition) is 1. The first kappa shape index (κ1) is 10.4. The van der Waals surface area contributed by atoms with Crippen LogP contribution in [0.4, 0.5) is 4.39 Å². The van der Waals surface area contributed by atoms with E-state index in [0.29, 0.717) is 16.8 Å². The number of nitrogens with two attached hydrogens (primary N) is 1. The quantitative estimate of drug-likeness (QED) is 0.757. The summed E-state index contributed by atoms with van der Waals surface area (Å²) < 4.78 is 22.6. The van der Waals surface area contributed by atoms with E-state index >= 15 is 0 Å². The average molecular weight is 249 g/mol. The average Bonchev–Trinajstić information content (AvgIpc) is 2.98. The first-order chi connectivity index (χ1) is 8.25. The van der Waals surface area contributed by atoms with E-state index in [9.17, 15) is 4.39 Å². The van der Waals surface area contributed by atoms with Crippen molar-refractivity contribution in [2.24, 2.45) is 5.73 Å². The predicted octanol–water partition coefficient (Wildman–Crippen LogP) is 2.47. The van der Waals surface area contributed by atoms with Crippen molar-refractivity contribution in [3.63, 3.8) is 0 Å². The highest BCUT2D eigenvalue weighted by Crippen LogP contribution is 2.27. The molecule has 0 fully saturated rings. The molecule has 0 saturated heterocycles. The smallest absolute Gasteiger partial charge is 0.169 e. The van der Waals surface area contributed by atoms with Crippen LogP contribution in [0.25, 0.3) is 11.0 Å². The van der Waals surface area contributed by atoms with Crippen molar-refractivity contribution < 1.29 is 8.81 Å². The molecule has 0 spiro atoms. The summed E-state index contributed by atoms with van der Waals surface area (Å²) in [7, 11) is 0. The second-order valence-electron chi connectivity index (χ2n) is 3.61. The van der Waals surface area contributed by atoms with Crippen LogP contribution in [0.3, 0.4) is 0 Å². The second-order valence-corrected chi connectivity index (χ2v) is 4.22. The fraction of sp³-hybridized carbons (Fsp3) is 0.0909. The first-order valence-corrected chi connectivity index (χ1v) is 5.80. The molecule has 3 aromatic rings. The molecule has 3 rings (SSSR count). The van der Waals surface area contributed by atoms with Crippen LogP contribution in [0.15, 0.2) is 34.1 Å². The summed E-state index contributed by atoms with van der Waals surface area (Å²) in [5, 5.41) is 6.31. The third-order valence-electron chi connectivity index (χ3n) is 2.52. The van der Waals surface area contributed by atoms with E-state index < -0.39 is 11.9 Å². The molecule has 6 heteroatoms. The largest absolute Gasteiger partial charge is 0.456 e. The van der Waals surface area contributed by atoms with Gasteiger partial charge in [0.1, 0.15) is 11.8 Å². The van der Waals surface area contributed by atoms with Gasteiger partial charge in [0.2, 0.25) is 0 Å². The minimum Gasteiger partial charge on any atom is -0.456 e. The molecule has 1 atom stereocenters. The topological polar surface area (TPSA) is 64.9 Å². The molecular formula is C11H8FN3OS. The fourth-order valence-electron chi connectivity index (χ4n) is 1.65. The van der Waals surface area contributed by atoms with Gasteiger partial charge in [0.15, 0.2) is 11.4 Å². The molecule has 1 aromatic carbocycles. The lowest BCUT2D eigenvalue weighted by molar-refractivity contribution is 0.499. The Morgan fingerprint density at radius 2 is 2.29 bits per heavy atom. The van der Waals surface area contributed by atoms with Gasteiger partial charge in [0, 0.05) is 10.8 Å². The zero-order chi connectivity index (χ0) is 11.8. The Labute approximate surface area is 100 Å². The molecule has 4 nitrogen and oxygen atoms in total. The minimum atomic E-state index is -0.513. The van der Waals surface area contributed by atoms with Crippen molar-refractivity contribution in [1.29, 1.82) is 0 Å². The van der Waals surface area contributed by atoms with E-state index in [1.807, 2.05) is 0 Å². The summed E-state index contributed by atoms with van der Waals surface area (Å²) in [6, 6.07) is 5.97. The van der Waals surface area contributed by atoms with Crippen LogP contribution in [-0.2, 0) is 0 Å². The number of furan rings is 1. The molecule has 0 bridgehead atoms. The van der Waals surface area contributed by atoms with Crippen LogP contribution >= 0.6 is 11.5 Å². The summed E-state index contributed by atoms with van der Waals surface area (Å²) in [5.74, 6) is 0.0927. The number of aromatic nitrogens is 2. The molecular weight excluding hydrogens is 241 g/mol. The molecule has 2 heterocycles. The third-order valence-corrected chi connectivity index (χ3v) is 3.04. The SMILES string of the molecule is NC(c1csnn1)c1cc2cccc(F)c2o1. The van der Waals surface area contributed by atoms with E-state index in [1.54, 1.807) is 23.6 Å². The molecule has 0 aliphatic carbocycles. The number of benzene rings is 1. The van der Waals surface area contributed by atoms with Gasteiger partial charge >= 0.3 is 0 Å². The molecule has 86 valence electrons. The lowest BCUT2D eigenvalue weighted by Crippen LogP contribution is -2.11. The van der Waals surface area contributed by atoms with E-state index in [2.05, 4.69) is 9.59 Å². The summed E-state index contributed by atoms with van der Waals surface area (Å²) >= 11 is 1.22. The van der Waals surface area contributed by atoms with Crippen molar-refractivity contribution in [2.75, 3.05) is 0 Å². The molecule has 2 aromatic heterocycles. The maximum atomic E-state index is 13.4. The van der Waals surface area contributed by atoms with Crippen LogP contribution in [0.5, 0.6) is 0 Å². The lowest BCUT2D eigenvalue weighted by atomic mass is 10.1. The van der Waals surface area contributed by atoms with Crippen LogP contribution in [0, 0.1) is 5.82 Å². The maximum Gasteiger partial charge on any atom is 0.169 e. The van der Waals surface area contributed by atoms with Crippen LogP contribution in [0.1, 0.15) is 17.5 Å². The van der Waals surface area contributed by atoms with Gasteiger partial charge < -0.3 is 10.2 Å². The third kappa shape index (κ3) is 1.71. The van der Waals surface area contributed by atoms with Gasteiger partial charge in [-0.15, -0.1) is 5.10 Å². The van der Waals surface area contributed by atoms with Crippen LogP contribution in [-0.4, -0.2) is 9.59 Å². The summed E-state index contributed by atoms with van der Waals surface area (Å²) in [4.78, 5) is 0. The molecule has 0 radical (unpaired) electrons. The molecule has 0 saturated carbocycles. The maximum absolute atomic E-state index is 13.4. The second kappa shape index (κ2) is 3.90. The van der Waals surface area contributed by atoms with Crippen molar-refractivity contribution in [1.82, 2.24) is 9.59 Å². The first-order valence-electron chi connectivity index (χ1n) is 4.96. The van der Waals surface area contributed by atoms with E-state index in [4.69, 9.17) is 10.2 Å². The highest BCUT2D eigenvalue weighted by molar-refractivity contribution is 7.03. The Morgan fingerprint density at radius 3 is 3.00 bits per heavy atom. The van der Waals surface area contributed by atoms with Gasteiger partial charge in [0.25, 0.3) is 0 Å². The minimum absolute atomic E-state index is 0.223. The van der Waals surface area contributed by atoms with Crippen molar-refractivity contribution >= 4 is 22.5 Å². The van der Waals surface area contributed by atoms with Crippen molar-refractivity contribution in [3.05, 3.63) is 46.9 Å². The Balaban J connectivity index is 2.10. The molecule has 0 aliphatic rings. The molecule has 17 heavy (non-hydrogen) atoms. The molecule has 0 aliphatic heterocycles. The molecule has 0 amide bonds. The van der Waals surface area contributed by atoms with E-state index in [-0.39, 0.29) is 5.58 Å². The number of nitrogens with zero attached hydrogens (tertiary/aromatic N) is 2. The van der Waals surface area contributed by atoms with Gasteiger partial charge in [-0.05, 0) is 23.7 Å².